The summed E-state index contributed by atoms with van der Waals surface area (Å²) < 4.78 is 12.2. The van der Waals surface area contributed by atoms with Crippen molar-refractivity contribution in [2.24, 2.45) is 0 Å². The van der Waals surface area contributed by atoms with Crippen molar-refractivity contribution in [2.75, 3.05) is 12.9 Å². The third-order valence-electron chi connectivity index (χ3n) is 1.38. The number of hydrogen-bond acceptors (Lipinski definition) is 2. The van der Waals surface area contributed by atoms with Crippen LogP contribution in [-0.2, 0) is 4.79 Å². The maximum Gasteiger partial charge on any atom is 0.320 e. The summed E-state index contributed by atoms with van der Waals surface area (Å²) in [6, 6.07) is -0.667. The Labute approximate surface area is 69.5 Å². The minimum absolute atomic E-state index is 0.106. The van der Waals surface area contributed by atoms with Crippen molar-refractivity contribution in [2.45, 2.75) is 18.6 Å². The van der Waals surface area contributed by atoms with E-state index in [4.69, 9.17) is 5.11 Å². The largest absolute Gasteiger partial charge is 0.480 e. The van der Waals surface area contributed by atoms with Crippen molar-refractivity contribution in [1.82, 2.24) is 5.32 Å². The number of nitrogens with one attached hydrogen (secondary N) is 1. The van der Waals surface area contributed by atoms with Crippen LogP contribution in [0.4, 0.5) is 4.39 Å². The van der Waals surface area contributed by atoms with Gasteiger partial charge in [-0.15, -0.1) is 11.6 Å². The monoisotopic (exact) mass is 183 g/mol. The molecule has 1 fully saturated rings. The van der Waals surface area contributed by atoms with E-state index >= 15 is 0 Å². The molecule has 0 unspecified atom stereocenters. The third kappa shape index (κ3) is 3.53. The molecule has 3 nitrogen and oxygen atoms in total. The van der Waals surface area contributed by atoms with Gasteiger partial charge in [-0.2, -0.15) is 0 Å². The van der Waals surface area contributed by atoms with Crippen molar-refractivity contribution >= 4 is 17.6 Å². The van der Waals surface area contributed by atoms with Gasteiger partial charge in [0.2, 0.25) is 0 Å². The molecule has 1 aliphatic heterocycles. The SMILES string of the molecule is CCl.O=C(O)[C@@H]1C[C@H](F)CN1. The number of halogens is 2. The Morgan fingerprint density at radius 2 is 2.27 bits per heavy atom. The predicted molar refractivity (Wildman–Crippen MR) is 40.7 cm³/mol. The van der Waals surface area contributed by atoms with Crippen LogP contribution in [-0.4, -0.2) is 36.2 Å². The molecule has 0 bridgehead atoms. The van der Waals surface area contributed by atoms with Gasteiger partial charge in [0, 0.05) is 19.3 Å². The van der Waals surface area contributed by atoms with E-state index in [1.165, 1.54) is 6.38 Å². The van der Waals surface area contributed by atoms with Gasteiger partial charge in [0.1, 0.15) is 12.2 Å². The Balaban J connectivity index is 0.000000461. The van der Waals surface area contributed by atoms with Gasteiger partial charge in [0.25, 0.3) is 0 Å². The van der Waals surface area contributed by atoms with E-state index in [2.05, 4.69) is 16.9 Å². The molecule has 1 heterocycles. The van der Waals surface area contributed by atoms with E-state index in [9.17, 15) is 9.18 Å². The lowest BCUT2D eigenvalue weighted by molar-refractivity contribution is -0.139. The fraction of sp³-hybridized carbons (Fsp3) is 0.833. The molecule has 2 atom stereocenters. The van der Waals surface area contributed by atoms with Crippen molar-refractivity contribution in [3.63, 3.8) is 0 Å². The number of carboxylic acids is 1. The quantitative estimate of drug-likeness (QED) is 0.587. The highest BCUT2D eigenvalue weighted by Gasteiger charge is 2.28. The van der Waals surface area contributed by atoms with Crippen LogP contribution in [0, 0.1) is 0 Å². The van der Waals surface area contributed by atoms with E-state index in [-0.39, 0.29) is 13.0 Å². The van der Waals surface area contributed by atoms with Crippen LogP contribution in [0.2, 0.25) is 0 Å². The molecule has 1 rings (SSSR count). The highest BCUT2D eigenvalue weighted by Crippen LogP contribution is 2.09. The predicted octanol–water partition coefficient (Wildman–Crippen LogP) is 0.626. The Morgan fingerprint density at radius 1 is 1.73 bits per heavy atom. The maximum absolute atomic E-state index is 12.2. The van der Waals surface area contributed by atoms with Crippen LogP contribution < -0.4 is 5.32 Å². The second-order valence-electron chi connectivity index (χ2n) is 2.13. The standard InChI is InChI=1S/C5H8FNO2.CH3Cl/c6-3-1-4(5(8)9)7-2-3;1-2/h3-4,7H,1-2H2,(H,8,9);1H3/t3-,4-;/m0./s1. The highest BCUT2D eigenvalue weighted by molar-refractivity contribution is 6.15. The normalized spacial score (nSPS) is 29.0. The van der Waals surface area contributed by atoms with Crippen molar-refractivity contribution in [1.29, 1.82) is 0 Å². The molecule has 0 aromatic heterocycles. The molecule has 0 radical (unpaired) electrons. The Morgan fingerprint density at radius 3 is 2.45 bits per heavy atom. The fourth-order valence-electron chi connectivity index (χ4n) is 0.881. The second-order valence-corrected chi connectivity index (χ2v) is 2.13. The molecule has 0 amide bonds. The molecule has 0 aromatic rings. The lowest BCUT2D eigenvalue weighted by atomic mass is 10.2. The summed E-state index contributed by atoms with van der Waals surface area (Å²) in [6.45, 7) is 0.178. The summed E-state index contributed by atoms with van der Waals surface area (Å²) in [5, 5.41) is 10.8. The molecule has 0 aromatic carbocycles. The summed E-state index contributed by atoms with van der Waals surface area (Å²) in [5.41, 5.74) is 0. The van der Waals surface area contributed by atoms with E-state index in [1.54, 1.807) is 0 Å². The minimum Gasteiger partial charge on any atom is -0.480 e. The molecule has 5 heteroatoms. The molecule has 66 valence electrons. The van der Waals surface area contributed by atoms with Crippen LogP contribution in [0.15, 0.2) is 0 Å². The molecule has 2 N–H and O–H groups in total. The van der Waals surface area contributed by atoms with E-state index in [0.717, 1.165) is 0 Å². The van der Waals surface area contributed by atoms with Gasteiger partial charge >= 0.3 is 5.97 Å². The molecule has 0 spiro atoms. The van der Waals surface area contributed by atoms with Crippen LogP contribution >= 0.6 is 11.6 Å². The number of alkyl halides is 2. The third-order valence-corrected chi connectivity index (χ3v) is 1.38. The van der Waals surface area contributed by atoms with Crippen molar-refractivity contribution in [3.8, 4) is 0 Å². The van der Waals surface area contributed by atoms with E-state index in [1.807, 2.05) is 0 Å². The zero-order valence-electron chi connectivity index (χ0n) is 6.18. The molecule has 11 heavy (non-hydrogen) atoms. The van der Waals surface area contributed by atoms with Gasteiger partial charge < -0.3 is 10.4 Å². The summed E-state index contributed by atoms with van der Waals surface area (Å²) in [5.74, 6) is -0.963. The van der Waals surface area contributed by atoms with Crippen LogP contribution in [0.5, 0.6) is 0 Å². The molecule has 1 aliphatic rings. The summed E-state index contributed by atoms with van der Waals surface area (Å²) in [7, 11) is 0. The lowest BCUT2D eigenvalue weighted by Crippen LogP contribution is -2.29. The molecule has 0 aliphatic carbocycles. The van der Waals surface area contributed by atoms with Crippen LogP contribution in [0.1, 0.15) is 6.42 Å². The number of hydrogen-bond donors (Lipinski definition) is 2. The van der Waals surface area contributed by atoms with Crippen molar-refractivity contribution < 1.29 is 14.3 Å². The minimum atomic E-state index is -0.980. The van der Waals surface area contributed by atoms with Gasteiger partial charge in [0.05, 0.1) is 0 Å². The smallest absolute Gasteiger partial charge is 0.320 e. The molecule has 0 saturated carbocycles. The number of rotatable bonds is 1. The first-order chi connectivity index (χ1) is 5.20. The number of carbonyl (C=O) groups is 1. The van der Waals surface area contributed by atoms with Gasteiger partial charge in [-0.1, -0.05) is 0 Å². The first-order valence-electron chi connectivity index (χ1n) is 3.18. The molecule has 1 saturated heterocycles. The average molecular weight is 184 g/mol. The summed E-state index contributed by atoms with van der Waals surface area (Å²) in [6.07, 6.45) is 0.598. The topological polar surface area (TPSA) is 49.3 Å². The molecular formula is C6H11ClFNO2. The summed E-state index contributed by atoms with van der Waals surface area (Å²) >= 11 is 4.64. The fourth-order valence-corrected chi connectivity index (χ4v) is 0.881. The first-order valence-corrected chi connectivity index (χ1v) is 3.94. The average Bonchev–Trinajstić information content (AvgIpc) is 2.40. The number of aliphatic carboxylic acids is 1. The molecular weight excluding hydrogens is 173 g/mol. The first kappa shape index (κ1) is 10.7. The van der Waals surface area contributed by atoms with Crippen LogP contribution in [0.3, 0.4) is 0 Å². The van der Waals surface area contributed by atoms with Crippen LogP contribution in [0.25, 0.3) is 0 Å². The van der Waals surface area contributed by atoms with Gasteiger partial charge in [-0.3, -0.25) is 4.79 Å². The summed E-state index contributed by atoms with van der Waals surface area (Å²) in [4.78, 5) is 10.1. The van der Waals surface area contributed by atoms with Gasteiger partial charge in [0.15, 0.2) is 0 Å². The van der Waals surface area contributed by atoms with Gasteiger partial charge in [-0.05, 0) is 0 Å². The maximum atomic E-state index is 12.2. The zero-order valence-corrected chi connectivity index (χ0v) is 6.94. The zero-order chi connectivity index (χ0) is 8.85. The van der Waals surface area contributed by atoms with E-state index in [0.29, 0.717) is 0 Å². The Hall–Kier alpha value is -0.350. The van der Waals surface area contributed by atoms with Crippen molar-refractivity contribution in [3.05, 3.63) is 0 Å². The van der Waals surface area contributed by atoms with E-state index < -0.39 is 18.2 Å². The Kier molecular flexibility index (Phi) is 5.15. The van der Waals surface area contributed by atoms with Gasteiger partial charge in [-0.25, -0.2) is 4.39 Å². The highest BCUT2D eigenvalue weighted by atomic mass is 35.5. The second kappa shape index (κ2) is 5.32. The Bertz CT molecular complexity index is 134. The lowest BCUT2D eigenvalue weighted by Gasteiger charge is -1.99. The number of carboxylic acid groups (broad SMARTS) is 1.